The van der Waals surface area contributed by atoms with Gasteiger partial charge in [0.1, 0.15) is 17.7 Å². The van der Waals surface area contributed by atoms with Gasteiger partial charge in [-0.1, -0.05) is 38.1 Å². The number of hydrogen-bond donors (Lipinski definition) is 2. The van der Waals surface area contributed by atoms with Crippen LogP contribution in [0.1, 0.15) is 54.5 Å². The van der Waals surface area contributed by atoms with Crippen molar-refractivity contribution < 1.29 is 4.79 Å². The van der Waals surface area contributed by atoms with E-state index in [2.05, 4.69) is 63.4 Å². The fraction of sp³-hybridized carbons (Fsp3) is 0.286. The fourth-order valence-corrected chi connectivity index (χ4v) is 4.01. The summed E-state index contributed by atoms with van der Waals surface area (Å²) < 4.78 is 1.68. The van der Waals surface area contributed by atoms with Gasteiger partial charge in [0, 0.05) is 17.9 Å². The number of carbonyl (C=O) groups excluding carboxylic acids is 1. The standard InChI is InChI=1S/C21H21N7O/c1-11(2)13-4-6-14(7-5-13)15-8-16(29)26-20-17(15)12(3)27-28(20)21-18-19(23-9-22-18)24-10-25-21/h4-7,9-11,15H,8H2,1-3H3,(H,26,29)(H,22,23,24,25)/t15-/m0/s1. The first kappa shape index (κ1) is 17.5. The Labute approximate surface area is 167 Å². The van der Waals surface area contributed by atoms with Gasteiger partial charge in [-0.3, -0.25) is 4.79 Å². The van der Waals surface area contributed by atoms with E-state index in [1.54, 1.807) is 11.0 Å². The number of imidazole rings is 1. The molecule has 8 heteroatoms. The second-order valence-corrected chi connectivity index (χ2v) is 7.68. The van der Waals surface area contributed by atoms with E-state index in [0.717, 1.165) is 16.8 Å². The van der Waals surface area contributed by atoms with Crippen molar-refractivity contribution in [2.24, 2.45) is 0 Å². The van der Waals surface area contributed by atoms with Gasteiger partial charge in [-0.05, 0) is 24.0 Å². The lowest BCUT2D eigenvalue weighted by atomic mass is 9.85. The molecule has 8 nitrogen and oxygen atoms in total. The van der Waals surface area contributed by atoms with Crippen LogP contribution in [0.25, 0.3) is 17.0 Å². The summed E-state index contributed by atoms with van der Waals surface area (Å²) in [6.45, 7) is 6.31. The number of aryl methyl sites for hydroxylation is 1. The third-order valence-corrected chi connectivity index (χ3v) is 5.51. The van der Waals surface area contributed by atoms with E-state index >= 15 is 0 Å². The van der Waals surface area contributed by atoms with Crippen molar-refractivity contribution in [1.29, 1.82) is 0 Å². The van der Waals surface area contributed by atoms with Crippen molar-refractivity contribution in [1.82, 2.24) is 29.7 Å². The lowest BCUT2D eigenvalue weighted by Crippen LogP contribution is -2.25. The van der Waals surface area contributed by atoms with Crippen LogP contribution in [0.3, 0.4) is 0 Å². The van der Waals surface area contributed by atoms with Crippen LogP contribution in [-0.2, 0) is 4.79 Å². The number of fused-ring (bicyclic) bond motifs is 2. The predicted octanol–water partition coefficient (Wildman–Crippen LogP) is 3.44. The van der Waals surface area contributed by atoms with E-state index < -0.39 is 0 Å². The first-order chi connectivity index (χ1) is 14.0. The maximum absolute atomic E-state index is 12.6. The van der Waals surface area contributed by atoms with E-state index in [9.17, 15) is 4.79 Å². The Morgan fingerprint density at radius 3 is 2.69 bits per heavy atom. The minimum Gasteiger partial charge on any atom is -0.340 e. The molecule has 1 aromatic carbocycles. The molecule has 0 fully saturated rings. The Balaban J connectivity index is 1.66. The summed E-state index contributed by atoms with van der Waals surface area (Å²) in [7, 11) is 0. The molecule has 0 radical (unpaired) electrons. The second-order valence-electron chi connectivity index (χ2n) is 7.68. The van der Waals surface area contributed by atoms with Crippen molar-refractivity contribution in [2.45, 2.75) is 39.0 Å². The number of nitrogens with one attached hydrogen (secondary N) is 2. The van der Waals surface area contributed by atoms with Gasteiger partial charge < -0.3 is 10.3 Å². The van der Waals surface area contributed by atoms with Gasteiger partial charge in [-0.15, -0.1) is 0 Å². The van der Waals surface area contributed by atoms with Gasteiger partial charge in [-0.25, -0.2) is 15.0 Å². The zero-order valence-electron chi connectivity index (χ0n) is 16.5. The smallest absolute Gasteiger partial charge is 0.226 e. The van der Waals surface area contributed by atoms with Gasteiger partial charge in [0.25, 0.3) is 0 Å². The van der Waals surface area contributed by atoms with Crippen LogP contribution in [0.15, 0.2) is 36.9 Å². The minimum atomic E-state index is -0.0483. The summed E-state index contributed by atoms with van der Waals surface area (Å²) in [6, 6.07) is 8.53. The van der Waals surface area contributed by atoms with E-state index in [1.165, 1.54) is 11.9 Å². The molecule has 4 heterocycles. The normalized spacial score (nSPS) is 16.3. The van der Waals surface area contributed by atoms with Gasteiger partial charge in [-0.2, -0.15) is 9.78 Å². The molecule has 2 N–H and O–H groups in total. The summed E-state index contributed by atoms with van der Waals surface area (Å²) in [5, 5.41) is 7.71. The average molecular weight is 387 g/mol. The minimum absolute atomic E-state index is 0.0357. The number of nitrogens with zero attached hydrogens (tertiary/aromatic N) is 5. The molecule has 0 aliphatic carbocycles. The van der Waals surface area contributed by atoms with Crippen molar-refractivity contribution in [3.63, 3.8) is 0 Å². The number of benzene rings is 1. The number of amides is 1. The van der Waals surface area contributed by atoms with Crippen molar-refractivity contribution in [3.05, 3.63) is 59.3 Å². The number of aromatic nitrogens is 6. The molecule has 1 atom stereocenters. The van der Waals surface area contributed by atoms with Crippen LogP contribution in [0.5, 0.6) is 0 Å². The van der Waals surface area contributed by atoms with Crippen molar-refractivity contribution in [2.75, 3.05) is 5.32 Å². The van der Waals surface area contributed by atoms with Crippen LogP contribution < -0.4 is 5.32 Å². The zero-order valence-corrected chi connectivity index (χ0v) is 16.5. The molecule has 146 valence electrons. The molecule has 0 saturated carbocycles. The molecule has 0 bridgehead atoms. The highest BCUT2D eigenvalue weighted by atomic mass is 16.1. The monoisotopic (exact) mass is 387 g/mol. The quantitative estimate of drug-likeness (QED) is 0.561. The molecule has 0 unspecified atom stereocenters. The summed E-state index contributed by atoms with van der Waals surface area (Å²) in [6.07, 6.45) is 3.42. The fourth-order valence-electron chi connectivity index (χ4n) is 4.01. The molecule has 1 amide bonds. The SMILES string of the molecule is Cc1nn(-c2ncnc3nc[nH]c23)c2c1[C@H](c1ccc(C(C)C)cc1)CC(=O)N2. The maximum atomic E-state index is 12.6. The highest BCUT2D eigenvalue weighted by molar-refractivity contribution is 5.95. The lowest BCUT2D eigenvalue weighted by molar-refractivity contribution is -0.116. The Morgan fingerprint density at radius 1 is 1.14 bits per heavy atom. The number of hydrogen-bond acceptors (Lipinski definition) is 5. The lowest BCUT2D eigenvalue weighted by Gasteiger charge is -2.24. The van der Waals surface area contributed by atoms with Gasteiger partial charge >= 0.3 is 0 Å². The van der Waals surface area contributed by atoms with Gasteiger partial charge in [0.05, 0.1) is 12.0 Å². The first-order valence-corrected chi connectivity index (χ1v) is 9.66. The van der Waals surface area contributed by atoms with Crippen LogP contribution in [-0.4, -0.2) is 35.6 Å². The summed E-state index contributed by atoms with van der Waals surface area (Å²) in [5.74, 6) is 1.60. The molecule has 1 aliphatic heterocycles. The topological polar surface area (TPSA) is 101 Å². The Hall–Kier alpha value is -3.55. The molecule has 3 aromatic heterocycles. The van der Waals surface area contributed by atoms with Crippen LogP contribution in [0.4, 0.5) is 5.82 Å². The predicted molar refractivity (Wildman–Crippen MR) is 109 cm³/mol. The maximum Gasteiger partial charge on any atom is 0.226 e. The average Bonchev–Trinajstić information content (AvgIpc) is 3.32. The first-order valence-electron chi connectivity index (χ1n) is 9.66. The van der Waals surface area contributed by atoms with Crippen molar-refractivity contribution in [3.8, 4) is 5.82 Å². The molecule has 4 aromatic rings. The molecule has 29 heavy (non-hydrogen) atoms. The largest absolute Gasteiger partial charge is 0.340 e. The van der Waals surface area contributed by atoms with E-state index in [4.69, 9.17) is 5.10 Å². The highest BCUT2D eigenvalue weighted by Crippen LogP contribution is 2.40. The third kappa shape index (κ3) is 2.79. The summed E-state index contributed by atoms with van der Waals surface area (Å²) in [5.41, 5.74) is 5.51. The number of carbonyl (C=O) groups is 1. The number of H-pyrrole nitrogens is 1. The molecular formula is C21H21N7O. The van der Waals surface area contributed by atoms with E-state index in [-0.39, 0.29) is 11.8 Å². The Morgan fingerprint density at radius 2 is 1.93 bits per heavy atom. The number of aromatic amines is 1. The molecule has 0 spiro atoms. The Kier molecular flexibility index (Phi) is 3.94. The third-order valence-electron chi connectivity index (χ3n) is 5.51. The van der Waals surface area contributed by atoms with E-state index in [0.29, 0.717) is 35.1 Å². The van der Waals surface area contributed by atoms with Crippen LogP contribution >= 0.6 is 0 Å². The van der Waals surface area contributed by atoms with Crippen LogP contribution in [0.2, 0.25) is 0 Å². The van der Waals surface area contributed by atoms with Crippen LogP contribution in [0, 0.1) is 6.92 Å². The number of anilines is 1. The zero-order chi connectivity index (χ0) is 20.1. The van der Waals surface area contributed by atoms with Crippen molar-refractivity contribution >= 4 is 22.9 Å². The summed E-state index contributed by atoms with van der Waals surface area (Å²) >= 11 is 0. The summed E-state index contributed by atoms with van der Waals surface area (Å²) in [4.78, 5) is 28.4. The molecule has 1 aliphatic rings. The van der Waals surface area contributed by atoms with Gasteiger partial charge in [0.15, 0.2) is 11.5 Å². The van der Waals surface area contributed by atoms with E-state index in [1.807, 2.05) is 6.92 Å². The molecule has 5 rings (SSSR count). The molecular weight excluding hydrogens is 366 g/mol. The Bertz CT molecular complexity index is 1220. The second kappa shape index (κ2) is 6.51. The number of rotatable bonds is 3. The highest BCUT2D eigenvalue weighted by Gasteiger charge is 2.33. The molecule has 0 saturated heterocycles. The van der Waals surface area contributed by atoms with Gasteiger partial charge in [0.2, 0.25) is 5.91 Å².